The number of methoxy groups -OCH3 is 2. The van der Waals surface area contributed by atoms with E-state index in [1.807, 2.05) is 24.3 Å². The van der Waals surface area contributed by atoms with E-state index in [1.165, 1.54) is 7.11 Å². The smallest absolute Gasteiger partial charge is 0.327 e. The molecule has 5 heteroatoms. The molecule has 18 heavy (non-hydrogen) atoms. The van der Waals surface area contributed by atoms with Crippen LogP contribution in [0.1, 0.15) is 6.92 Å². The van der Waals surface area contributed by atoms with Gasteiger partial charge in [-0.25, -0.2) is 4.79 Å². The summed E-state index contributed by atoms with van der Waals surface area (Å²) in [7, 11) is 3.00. The second kappa shape index (κ2) is 7.55. The van der Waals surface area contributed by atoms with Crippen LogP contribution < -0.4 is 10.1 Å². The van der Waals surface area contributed by atoms with Crippen LogP contribution in [0.15, 0.2) is 24.3 Å². The first-order valence-electron chi connectivity index (χ1n) is 5.73. The summed E-state index contributed by atoms with van der Waals surface area (Å²) in [5, 5.41) is 3.03. The Hall–Kier alpha value is -1.75. The number of benzene rings is 1. The van der Waals surface area contributed by atoms with Crippen LogP contribution in [0.4, 0.5) is 5.69 Å². The van der Waals surface area contributed by atoms with E-state index in [4.69, 9.17) is 9.47 Å². The van der Waals surface area contributed by atoms with Crippen molar-refractivity contribution in [2.75, 3.05) is 32.8 Å². The van der Waals surface area contributed by atoms with Gasteiger partial charge in [0.1, 0.15) is 18.4 Å². The third-order valence-electron chi connectivity index (χ3n) is 2.35. The Balaban J connectivity index is 2.47. The summed E-state index contributed by atoms with van der Waals surface area (Å²) in [6, 6.07) is 6.99. The summed E-state index contributed by atoms with van der Waals surface area (Å²) in [4.78, 5) is 11.2. The average Bonchev–Trinajstić information content (AvgIpc) is 2.40. The lowest BCUT2D eigenvalue weighted by Gasteiger charge is -2.13. The first-order chi connectivity index (χ1) is 8.67. The van der Waals surface area contributed by atoms with Gasteiger partial charge in [-0.15, -0.1) is 0 Å². The molecule has 0 saturated heterocycles. The highest BCUT2D eigenvalue weighted by atomic mass is 16.5. The molecule has 1 N–H and O–H groups in total. The standard InChI is InChI=1S/C13H19NO4/c1-10(13(15)17-3)14-11-4-6-12(7-5-11)18-9-8-16-2/h4-7,10,14H,8-9H2,1-3H3. The normalized spacial score (nSPS) is 11.7. The number of rotatable bonds is 7. The lowest BCUT2D eigenvalue weighted by atomic mass is 10.2. The van der Waals surface area contributed by atoms with E-state index in [-0.39, 0.29) is 12.0 Å². The first kappa shape index (κ1) is 14.3. The Morgan fingerprint density at radius 3 is 2.44 bits per heavy atom. The van der Waals surface area contributed by atoms with Crippen molar-refractivity contribution in [2.45, 2.75) is 13.0 Å². The predicted molar refractivity (Wildman–Crippen MR) is 68.9 cm³/mol. The molecule has 1 rings (SSSR count). The van der Waals surface area contributed by atoms with E-state index in [2.05, 4.69) is 10.1 Å². The molecule has 0 amide bonds. The van der Waals surface area contributed by atoms with Crippen molar-refractivity contribution in [3.63, 3.8) is 0 Å². The molecule has 1 aromatic carbocycles. The fourth-order valence-corrected chi connectivity index (χ4v) is 1.38. The monoisotopic (exact) mass is 253 g/mol. The number of carbonyl (C=O) groups excluding carboxylic acids is 1. The molecule has 0 aliphatic rings. The average molecular weight is 253 g/mol. The zero-order valence-electron chi connectivity index (χ0n) is 10.9. The molecule has 0 aliphatic carbocycles. The minimum absolute atomic E-state index is 0.296. The highest BCUT2D eigenvalue weighted by molar-refractivity contribution is 5.78. The molecule has 100 valence electrons. The highest BCUT2D eigenvalue weighted by Gasteiger charge is 2.11. The van der Waals surface area contributed by atoms with Gasteiger partial charge in [0.25, 0.3) is 0 Å². The van der Waals surface area contributed by atoms with Gasteiger partial charge in [0, 0.05) is 12.8 Å². The summed E-state index contributed by atoms with van der Waals surface area (Å²) in [6.07, 6.45) is 0. The summed E-state index contributed by atoms with van der Waals surface area (Å²) < 4.78 is 15.0. The highest BCUT2D eigenvalue weighted by Crippen LogP contribution is 2.16. The topological polar surface area (TPSA) is 56.8 Å². The lowest BCUT2D eigenvalue weighted by molar-refractivity contribution is -0.141. The van der Waals surface area contributed by atoms with Crippen molar-refractivity contribution in [2.24, 2.45) is 0 Å². The number of hydrogen-bond acceptors (Lipinski definition) is 5. The summed E-state index contributed by atoms with van der Waals surface area (Å²) in [5.74, 6) is 0.471. The van der Waals surface area contributed by atoms with Gasteiger partial charge in [0.15, 0.2) is 0 Å². The van der Waals surface area contributed by atoms with E-state index in [0.717, 1.165) is 11.4 Å². The molecule has 1 atom stereocenters. The molecule has 0 bridgehead atoms. The number of nitrogens with one attached hydrogen (secondary N) is 1. The van der Waals surface area contributed by atoms with E-state index >= 15 is 0 Å². The number of carbonyl (C=O) groups is 1. The Labute approximate surface area is 107 Å². The fraction of sp³-hybridized carbons (Fsp3) is 0.462. The molecule has 5 nitrogen and oxygen atoms in total. The Bertz CT molecular complexity index is 364. The van der Waals surface area contributed by atoms with Crippen molar-refractivity contribution in [1.82, 2.24) is 0 Å². The molecule has 0 saturated carbocycles. The Kier molecular flexibility index (Phi) is 6.00. The van der Waals surface area contributed by atoms with E-state index < -0.39 is 0 Å². The maximum atomic E-state index is 11.2. The molecular weight excluding hydrogens is 234 g/mol. The van der Waals surface area contributed by atoms with Gasteiger partial charge in [-0.2, -0.15) is 0 Å². The number of hydrogen-bond donors (Lipinski definition) is 1. The van der Waals surface area contributed by atoms with Crippen molar-refractivity contribution >= 4 is 11.7 Å². The van der Waals surface area contributed by atoms with Gasteiger partial charge in [-0.3, -0.25) is 0 Å². The van der Waals surface area contributed by atoms with Crippen LogP contribution in [-0.4, -0.2) is 39.4 Å². The Morgan fingerprint density at radius 1 is 1.22 bits per heavy atom. The Morgan fingerprint density at radius 2 is 1.89 bits per heavy atom. The van der Waals surface area contributed by atoms with Crippen LogP contribution in [0.3, 0.4) is 0 Å². The second-order valence-corrected chi connectivity index (χ2v) is 3.75. The minimum Gasteiger partial charge on any atom is -0.491 e. The van der Waals surface area contributed by atoms with Crippen LogP contribution in [0.25, 0.3) is 0 Å². The maximum absolute atomic E-state index is 11.2. The number of ether oxygens (including phenoxy) is 3. The van der Waals surface area contributed by atoms with Crippen molar-refractivity contribution in [3.8, 4) is 5.75 Å². The van der Waals surface area contributed by atoms with Crippen LogP contribution in [0.2, 0.25) is 0 Å². The maximum Gasteiger partial charge on any atom is 0.327 e. The lowest BCUT2D eigenvalue weighted by Crippen LogP contribution is -2.27. The molecule has 0 fully saturated rings. The van der Waals surface area contributed by atoms with Gasteiger partial charge < -0.3 is 19.5 Å². The van der Waals surface area contributed by atoms with Gasteiger partial charge in [0.05, 0.1) is 13.7 Å². The zero-order valence-corrected chi connectivity index (χ0v) is 10.9. The quantitative estimate of drug-likeness (QED) is 0.592. The first-order valence-corrected chi connectivity index (χ1v) is 5.73. The van der Waals surface area contributed by atoms with Crippen LogP contribution in [0, 0.1) is 0 Å². The minimum atomic E-state index is -0.379. The van der Waals surface area contributed by atoms with Crippen molar-refractivity contribution < 1.29 is 19.0 Å². The van der Waals surface area contributed by atoms with Crippen molar-refractivity contribution in [3.05, 3.63) is 24.3 Å². The van der Waals surface area contributed by atoms with Gasteiger partial charge in [0.2, 0.25) is 0 Å². The zero-order chi connectivity index (χ0) is 13.4. The predicted octanol–water partition coefficient (Wildman–Crippen LogP) is 1.69. The third kappa shape index (κ3) is 4.63. The van der Waals surface area contributed by atoms with Crippen LogP contribution in [-0.2, 0) is 14.3 Å². The summed E-state index contributed by atoms with van der Waals surface area (Å²) >= 11 is 0. The molecule has 0 heterocycles. The van der Waals surface area contributed by atoms with Gasteiger partial charge in [-0.05, 0) is 31.2 Å². The van der Waals surface area contributed by atoms with Gasteiger partial charge in [-0.1, -0.05) is 0 Å². The van der Waals surface area contributed by atoms with Gasteiger partial charge >= 0.3 is 5.97 Å². The molecular formula is C13H19NO4. The SMILES string of the molecule is COCCOc1ccc(NC(C)C(=O)OC)cc1. The molecule has 0 spiro atoms. The van der Waals surface area contributed by atoms with E-state index in [1.54, 1.807) is 14.0 Å². The molecule has 0 aliphatic heterocycles. The molecule has 1 unspecified atom stereocenters. The second-order valence-electron chi connectivity index (χ2n) is 3.75. The third-order valence-corrected chi connectivity index (χ3v) is 2.35. The van der Waals surface area contributed by atoms with Crippen molar-refractivity contribution in [1.29, 1.82) is 0 Å². The molecule has 1 aromatic rings. The van der Waals surface area contributed by atoms with Crippen LogP contribution in [0.5, 0.6) is 5.75 Å². The summed E-state index contributed by atoms with van der Waals surface area (Å²) in [6.45, 7) is 2.82. The number of anilines is 1. The van der Waals surface area contributed by atoms with E-state index in [0.29, 0.717) is 13.2 Å². The largest absolute Gasteiger partial charge is 0.491 e. The molecule has 0 aromatic heterocycles. The van der Waals surface area contributed by atoms with Crippen LogP contribution >= 0.6 is 0 Å². The van der Waals surface area contributed by atoms with E-state index in [9.17, 15) is 4.79 Å². The molecule has 0 radical (unpaired) electrons. The fourth-order valence-electron chi connectivity index (χ4n) is 1.38. The summed E-state index contributed by atoms with van der Waals surface area (Å²) in [5.41, 5.74) is 0.840. The number of esters is 1.